The van der Waals surface area contributed by atoms with Gasteiger partial charge in [-0.3, -0.25) is 4.98 Å². The number of fused-ring (bicyclic) bond motifs is 11. The minimum absolute atomic E-state index is 0.0699. The molecule has 0 spiro atoms. The number of nitrogens with zero attached hydrogens (tertiary/aromatic N) is 3. The average Bonchev–Trinajstić information content (AvgIpc) is 3.73. The molecule has 0 saturated carbocycles. The number of benzene rings is 6. The van der Waals surface area contributed by atoms with Gasteiger partial charge in [-0.15, -0.1) is 0 Å². The quantitative estimate of drug-likeness (QED) is 0.184. The average molecular weight is 642 g/mol. The van der Waals surface area contributed by atoms with Crippen molar-refractivity contribution >= 4 is 43.6 Å². The number of para-hydroxylation sites is 2. The van der Waals surface area contributed by atoms with Crippen molar-refractivity contribution in [1.82, 2.24) is 14.1 Å². The molecule has 1 aliphatic carbocycles. The predicted octanol–water partition coefficient (Wildman–Crippen LogP) is 11.9. The third-order valence-electron chi connectivity index (χ3n) is 12.0. The summed E-state index contributed by atoms with van der Waals surface area (Å²) in [6, 6.07) is 47.7. The molecule has 9 aromatic rings. The Labute approximate surface area is 291 Å². The molecule has 11 rings (SSSR count). The lowest BCUT2D eigenvalue weighted by Gasteiger charge is -2.35. The van der Waals surface area contributed by atoms with E-state index in [2.05, 4.69) is 169 Å². The highest BCUT2D eigenvalue weighted by Gasteiger charge is 2.37. The fraction of sp³-hybridized carbons (Fsp3) is 0.128. The van der Waals surface area contributed by atoms with Crippen LogP contribution < -0.4 is 0 Å². The molecule has 3 aromatic heterocycles. The molecule has 3 nitrogen and oxygen atoms in total. The van der Waals surface area contributed by atoms with Gasteiger partial charge in [-0.2, -0.15) is 0 Å². The van der Waals surface area contributed by atoms with Gasteiger partial charge in [-0.05, 0) is 105 Å². The number of pyridine rings is 1. The van der Waals surface area contributed by atoms with Crippen molar-refractivity contribution in [3.05, 3.63) is 162 Å². The summed E-state index contributed by atoms with van der Waals surface area (Å²) in [7, 11) is 0. The summed E-state index contributed by atoms with van der Waals surface area (Å²) in [6.07, 6.45) is 3.96. The van der Waals surface area contributed by atoms with Gasteiger partial charge in [0.25, 0.3) is 0 Å². The predicted molar refractivity (Wildman–Crippen MR) is 208 cm³/mol. The van der Waals surface area contributed by atoms with E-state index in [1.807, 2.05) is 12.4 Å². The van der Waals surface area contributed by atoms with E-state index >= 15 is 0 Å². The van der Waals surface area contributed by atoms with E-state index < -0.39 is 0 Å². The number of aromatic nitrogens is 3. The molecular weight excluding hydrogens is 607 g/mol. The Hall–Kier alpha value is -5.93. The molecule has 0 amide bonds. The second-order valence-corrected chi connectivity index (χ2v) is 15.3. The second kappa shape index (κ2) is 9.40. The fourth-order valence-electron chi connectivity index (χ4n) is 9.47. The van der Waals surface area contributed by atoms with Crippen molar-refractivity contribution in [3.8, 4) is 33.6 Å². The van der Waals surface area contributed by atoms with Gasteiger partial charge in [-0.25, -0.2) is 0 Å². The monoisotopic (exact) mass is 641 g/mol. The van der Waals surface area contributed by atoms with Crippen LogP contribution in [-0.4, -0.2) is 14.1 Å². The third-order valence-corrected chi connectivity index (χ3v) is 12.0. The molecule has 0 unspecified atom stereocenters. The Morgan fingerprint density at radius 2 is 1.16 bits per heavy atom. The van der Waals surface area contributed by atoms with Crippen LogP contribution in [0.4, 0.5) is 0 Å². The van der Waals surface area contributed by atoms with Gasteiger partial charge in [0.05, 0.1) is 27.8 Å². The van der Waals surface area contributed by atoms with E-state index in [9.17, 15) is 0 Å². The molecule has 50 heavy (non-hydrogen) atoms. The van der Waals surface area contributed by atoms with E-state index in [1.54, 1.807) is 0 Å². The van der Waals surface area contributed by atoms with Crippen molar-refractivity contribution in [1.29, 1.82) is 0 Å². The summed E-state index contributed by atoms with van der Waals surface area (Å²) in [5.74, 6) is 0. The van der Waals surface area contributed by atoms with Gasteiger partial charge in [-0.1, -0.05) is 94.4 Å². The summed E-state index contributed by atoms with van der Waals surface area (Å²) in [5.41, 5.74) is 17.8. The molecule has 3 heteroatoms. The summed E-state index contributed by atoms with van der Waals surface area (Å²) in [6.45, 7) is 9.49. The minimum Gasteiger partial charge on any atom is -0.309 e. The summed E-state index contributed by atoms with van der Waals surface area (Å²) in [5, 5.41) is 5.01. The van der Waals surface area contributed by atoms with Gasteiger partial charge in [0.1, 0.15) is 0 Å². The molecule has 1 aliphatic heterocycles. The van der Waals surface area contributed by atoms with E-state index in [0.29, 0.717) is 0 Å². The van der Waals surface area contributed by atoms with Crippen LogP contribution in [0.2, 0.25) is 0 Å². The van der Waals surface area contributed by atoms with Crippen LogP contribution in [0.25, 0.3) is 77.2 Å². The van der Waals surface area contributed by atoms with Crippen LogP contribution in [0.15, 0.2) is 140 Å². The maximum atomic E-state index is 4.60. The molecular formula is C47H35N3. The van der Waals surface area contributed by atoms with E-state index in [-0.39, 0.29) is 10.8 Å². The van der Waals surface area contributed by atoms with E-state index in [1.165, 1.54) is 99.5 Å². The first kappa shape index (κ1) is 28.0. The van der Waals surface area contributed by atoms with Gasteiger partial charge in [0, 0.05) is 50.5 Å². The van der Waals surface area contributed by atoms with Gasteiger partial charge in [0.2, 0.25) is 0 Å². The van der Waals surface area contributed by atoms with Crippen molar-refractivity contribution in [2.45, 2.75) is 38.5 Å². The Morgan fingerprint density at radius 1 is 0.460 bits per heavy atom. The minimum atomic E-state index is -0.170. The molecule has 6 aromatic carbocycles. The molecule has 238 valence electrons. The van der Waals surface area contributed by atoms with E-state index in [4.69, 9.17) is 0 Å². The van der Waals surface area contributed by atoms with Crippen LogP contribution in [0.3, 0.4) is 0 Å². The van der Waals surface area contributed by atoms with Crippen LogP contribution >= 0.6 is 0 Å². The Bertz CT molecular complexity index is 2920. The summed E-state index contributed by atoms with van der Waals surface area (Å²) < 4.78 is 4.92. The maximum Gasteiger partial charge on any atom is 0.0583 e. The Balaban J connectivity index is 1.22. The fourth-order valence-corrected chi connectivity index (χ4v) is 9.47. The number of hydrogen-bond donors (Lipinski definition) is 0. The first-order valence-corrected chi connectivity index (χ1v) is 17.6. The lowest BCUT2D eigenvalue weighted by atomic mass is 9.74. The largest absolute Gasteiger partial charge is 0.309 e. The number of hydrogen-bond acceptors (Lipinski definition) is 1. The highest BCUT2D eigenvalue weighted by molar-refractivity contribution is 6.15. The third kappa shape index (κ3) is 3.42. The van der Waals surface area contributed by atoms with Crippen LogP contribution in [0.1, 0.15) is 49.9 Å². The molecule has 0 bridgehead atoms. The van der Waals surface area contributed by atoms with Crippen molar-refractivity contribution < 1.29 is 0 Å². The molecule has 0 fully saturated rings. The normalized spacial score (nSPS) is 15.1. The summed E-state index contributed by atoms with van der Waals surface area (Å²) in [4.78, 5) is 4.60. The second-order valence-electron chi connectivity index (χ2n) is 15.3. The Morgan fingerprint density at radius 3 is 2.02 bits per heavy atom. The maximum absolute atomic E-state index is 4.60. The zero-order valence-electron chi connectivity index (χ0n) is 28.6. The highest BCUT2D eigenvalue weighted by atomic mass is 15.0. The van der Waals surface area contributed by atoms with Crippen LogP contribution in [0, 0.1) is 0 Å². The molecule has 0 atom stereocenters. The van der Waals surface area contributed by atoms with Gasteiger partial charge < -0.3 is 9.13 Å². The zero-order chi connectivity index (χ0) is 33.5. The van der Waals surface area contributed by atoms with Gasteiger partial charge in [0.15, 0.2) is 0 Å². The van der Waals surface area contributed by atoms with Gasteiger partial charge >= 0.3 is 0 Å². The summed E-state index contributed by atoms with van der Waals surface area (Å²) >= 11 is 0. The lowest BCUT2D eigenvalue weighted by molar-refractivity contribution is 0.630. The molecule has 2 aliphatic rings. The van der Waals surface area contributed by atoms with Crippen LogP contribution in [-0.2, 0) is 10.8 Å². The zero-order valence-corrected chi connectivity index (χ0v) is 28.6. The lowest BCUT2D eigenvalue weighted by Crippen LogP contribution is -2.26. The molecule has 4 heterocycles. The highest BCUT2D eigenvalue weighted by Crippen LogP contribution is 2.52. The standard InChI is InChI=1S/C47H35N3/c1-46(2)37-15-9-8-14-31(37)32-25-34-33-22-28(18-19-41(33)49(44(34)26-39(32)46)30-12-6-5-7-13-30)29-23-35-36-27-48-21-20-42(36)50-43-17-11-10-16-38(43)47(3,4)40(24-29)45(35)50/h5-27H,1-4H3. The first-order valence-electron chi connectivity index (χ1n) is 17.6. The first-order chi connectivity index (χ1) is 24.3. The van der Waals surface area contributed by atoms with E-state index in [0.717, 1.165) is 0 Å². The molecule has 0 N–H and O–H groups in total. The smallest absolute Gasteiger partial charge is 0.0583 e. The topological polar surface area (TPSA) is 22.8 Å². The molecule has 0 radical (unpaired) electrons. The van der Waals surface area contributed by atoms with Crippen LogP contribution in [0.5, 0.6) is 0 Å². The molecule has 0 saturated heterocycles. The van der Waals surface area contributed by atoms with Crippen molar-refractivity contribution in [2.24, 2.45) is 0 Å². The van der Waals surface area contributed by atoms with Crippen molar-refractivity contribution in [3.63, 3.8) is 0 Å². The number of rotatable bonds is 2. The SMILES string of the molecule is CC1(C)c2ccccc2-c2cc3c4cc(-c5cc6c7c(c5)c5cnccc5n7-c5ccccc5C6(C)C)ccc4n(-c4ccccc4)c3cc21. The Kier molecular flexibility index (Phi) is 5.25. The van der Waals surface area contributed by atoms with Crippen molar-refractivity contribution in [2.75, 3.05) is 0 Å².